The lowest BCUT2D eigenvalue weighted by atomic mass is 10.1. The van der Waals surface area contributed by atoms with E-state index in [1.54, 1.807) is 19.9 Å². The van der Waals surface area contributed by atoms with Gasteiger partial charge in [0.25, 0.3) is 5.91 Å². The maximum atomic E-state index is 14.4. The van der Waals surface area contributed by atoms with E-state index < -0.39 is 33.3 Å². The van der Waals surface area contributed by atoms with Gasteiger partial charge >= 0.3 is 0 Å². The summed E-state index contributed by atoms with van der Waals surface area (Å²) < 4.78 is 26.0. The lowest BCUT2D eigenvalue weighted by Crippen LogP contribution is -2.47. The fourth-order valence-electron chi connectivity index (χ4n) is 2.57. The van der Waals surface area contributed by atoms with Crippen LogP contribution in [-0.2, 0) is 10.8 Å². The number of pyridine rings is 1. The number of anilines is 1. The molecule has 6 nitrogen and oxygen atoms in total. The number of nitrogens with zero attached hydrogens (tertiary/aromatic N) is 2. The summed E-state index contributed by atoms with van der Waals surface area (Å²) in [5.74, 6) is -0.589. The highest BCUT2D eigenvalue weighted by molar-refractivity contribution is 7.87. The van der Waals surface area contributed by atoms with Crippen molar-refractivity contribution in [2.75, 3.05) is 11.1 Å². The highest BCUT2D eigenvalue weighted by Crippen LogP contribution is 2.32. The van der Waals surface area contributed by atoms with Gasteiger partial charge in [0.2, 0.25) is 0 Å². The summed E-state index contributed by atoms with van der Waals surface area (Å²) >= 11 is 5.76. The minimum Gasteiger partial charge on any atom is -0.386 e. The number of rotatable bonds is 3. The Morgan fingerprint density at radius 2 is 2.11 bits per heavy atom. The molecule has 2 atom stereocenters. The van der Waals surface area contributed by atoms with E-state index in [-0.39, 0.29) is 22.8 Å². The van der Waals surface area contributed by atoms with E-state index >= 15 is 0 Å². The number of carbonyl (C=O) groups is 1. The minimum atomic E-state index is -1.30. The van der Waals surface area contributed by atoms with Crippen molar-refractivity contribution in [3.8, 4) is 0 Å². The summed E-state index contributed by atoms with van der Waals surface area (Å²) in [5.41, 5.74) is 6.71. The molecule has 0 spiro atoms. The Bertz CT molecular complexity index is 947. The molecule has 142 valence electrons. The molecule has 27 heavy (non-hydrogen) atoms. The first-order valence-electron chi connectivity index (χ1n) is 8.13. The highest BCUT2D eigenvalue weighted by Gasteiger charge is 2.37. The first kappa shape index (κ1) is 19.4. The quantitative estimate of drug-likeness (QED) is 0.815. The largest absolute Gasteiger partial charge is 0.386 e. The molecule has 1 aromatic heterocycles. The van der Waals surface area contributed by atoms with Crippen LogP contribution in [0.1, 0.15) is 35.9 Å². The summed E-state index contributed by atoms with van der Waals surface area (Å²) in [5, 5.41) is 3.07. The number of amidine groups is 1. The van der Waals surface area contributed by atoms with E-state index in [0.29, 0.717) is 10.7 Å². The van der Waals surface area contributed by atoms with Crippen LogP contribution in [0.5, 0.6) is 0 Å². The molecule has 2 unspecified atom stereocenters. The van der Waals surface area contributed by atoms with E-state index in [1.165, 1.54) is 30.5 Å². The summed E-state index contributed by atoms with van der Waals surface area (Å²) in [6.45, 7) is 3.48. The SMILES string of the molecule is CC1(C)C(N)=NC(c2cc(NC(=O)c3ccc(Cl)cn3)ccc2F)CS1=O. The fourth-order valence-corrected chi connectivity index (χ4v) is 3.93. The van der Waals surface area contributed by atoms with Crippen LogP contribution >= 0.6 is 11.6 Å². The molecular formula is C18H18ClFN4O2S. The number of benzene rings is 1. The molecule has 1 aromatic carbocycles. The number of nitrogens with two attached hydrogens (primary N) is 1. The van der Waals surface area contributed by atoms with Crippen molar-refractivity contribution in [1.29, 1.82) is 0 Å². The molecule has 1 amide bonds. The monoisotopic (exact) mass is 408 g/mol. The van der Waals surface area contributed by atoms with E-state index in [0.717, 1.165) is 0 Å². The zero-order valence-corrected chi connectivity index (χ0v) is 16.3. The van der Waals surface area contributed by atoms with Gasteiger partial charge in [-0.1, -0.05) is 11.6 Å². The smallest absolute Gasteiger partial charge is 0.274 e. The first-order chi connectivity index (χ1) is 12.7. The Kier molecular flexibility index (Phi) is 5.30. The van der Waals surface area contributed by atoms with Gasteiger partial charge in [-0.3, -0.25) is 14.0 Å². The van der Waals surface area contributed by atoms with Crippen molar-refractivity contribution >= 4 is 39.8 Å². The molecule has 0 aliphatic carbocycles. The Balaban J connectivity index is 1.87. The lowest BCUT2D eigenvalue weighted by Gasteiger charge is -2.31. The third-order valence-corrected chi connectivity index (χ3v) is 6.55. The minimum absolute atomic E-state index is 0.154. The van der Waals surface area contributed by atoms with Crippen molar-refractivity contribution in [3.05, 3.63) is 58.6 Å². The second kappa shape index (κ2) is 7.36. The number of carbonyl (C=O) groups excluding carboxylic acids is 1. The average Bonchev–Trinajstić information content (AvgIpc) is 2.62. The van der Waals surface area contributed by atoms with E-state index in [4.69, 9.17) is 17.3 Å². The van der Waals surface area contributed by atoms with Gasteiger partial charge in [-0.05, 0) is 44.2 Å². The van der Waals surface area contributed by atoms with Gasteiger partial charge in [-0.25, -0.2) is 9.37 Å². The van der Waals surface area contributed by atoms with Gasteiger partial charge in [0.05, 0.1) is 21.6 Å². The zero-order chi connectivity index (χ0) is 19.8. The Morgan fingerprint density at radius 3 is 2.74 bits per heavy atom. The van der Waals surface area contributed by atoms with Gasteiger partial charge < -0.3 is 11.1 Å². The molecule has 0 fully saturated rings. The van der Waals surface area contributed by atoms with Crippen LogP contribution in [0.25, 0.3) is 0 Å². The second-order valence-corrected chi connectivity index (χ2v) is 9.09. The topological polar surface area (TPSA) is 97.4 Å². The number of amides is 1. The van der Waals surface area contributed by atoms with Crippen molar-refractivity contribution < 1.29 is 13.4 Å². The standard InChI is InChI=1S/C18H18ClFN4O2S/c1-18(2)17(21)24-15(9-27(18)26)12-7-11(4-5-13(12)20)23-16(25)14-6-3-10(19)8-22-14/h3-8,15H,9H2,1-2H3,(H2,21,24)(H,23,25). The van der Waals surface area contributed by atoms with Crippen molar-refractivity contribution in [3.63, 3.8) is 0 Å². The normalized spacial score (nSPS) is 21.4. The van der Waals surface area contributed by atoms with E-state index in [1.807, 2.05) is 0 Å². The van der Waals surface area contributed by atoms with E-state index in [9.17, 15) is 13.4 Å². The Morgan fingerprint density at radius 1 is 1.37 bits per heavy atom. The third-order valence-electron chi connectivity index (χ3n) is 4.36. The molecule has 2 heterocycles. The fraction of sp³-hybridized carbons (Fsp3) is 0.278. The molecule has 0 saturated carbocycles. The van der Waals surface area contributed by atoms with Gasteiger partial charge in [0, 0.05) is 28.2 Å². The van der Waals surface area contributed by atoms with E-state index in [2.05, 4.69) is 15.3 Å². The van der Waals surface area contributed by atoms with Crippen LogP contribution < -0.4 is 11.1 Å². The molecule has 9 heteroatoms. The summed E-state index contributed by atoms with van der Waals surface area (Å²) in [6, 6.07) is 6.50. The number of aliphatic imine (C=N–C) groups is 1. The summed E-state index contributed by atoms with van der Waals surface area (Å²) in [6.07, 6.45) is 1.36. The van der Waals surface area contributed by atoms with Crippen LogP contribution in [0.15, 0.2) is 41.5 Å². The molecule has 2 aromatic rings. The Hall–Kier alpha value is -2.32. The molecule has 0 saturated heterocycles. The number of aromatic nitrogens is 1. The molecule has 0 bridgehead atoms. The van der Waals surface area contributed by atoms with Crippen LogP contribution in [0, 0.1) is 5.82 Å². The van der Waals surface area contributed by atoms with Gasteiger partial charge in [-0.15, -0.1) is 0 Å². The Labute approximate surface area is 163 Å². The van der Waals surface area contributed by atoms with Crippen LogP contribution in [-0.4, -0.2) is 31.4 Å². The van der Waals surface area contributed by atoms with Crippen molar-refractivity contribution in [2.24, 2.45) is 10.7 Å². The molecule has 3 rings (SSSR count). The summed E-state index contributed by atoms with van der Waals surface area (Å²) in [7, 11) is -1.30. The van der Waals surface area contributed by atoms with Crippen molar-refractivity contribution in [1.82, 2.24) is 4.98 Å². The summed E-state index contributed by atoms with van der Waals surface area (Å²) in [4.78, 5) is 20.6. The predicted molar refractivity (Wildman–Crippen MR) is 105 cm³/mol. The third kappa shape index (κ3) is 4.01. The maximum Gasteiger partial charge on any atom is 0.274 e. The maximum absolute atomic E-state index is 14.4. The molecule has 1 aliphatic heterocycles. The molecule has 0 radical (unpaired) electrons. The van der Waals surface area contributed by atoms with Gasteiger partial charge in [-0.2, -0.15) is 0 Å². The van der Waals surface area contributed by atoms with Crippen LogP contribution in [0.2, 0.25) is 5.02 Å². The predicted octanol–water partition coefficient (Wildman–Crippen LogP) is 3.07. The molecule has 3 N–H and O–H groups in total. The second-order valence-electron chi connectivity index (χ2n) is 6.60. The average molecular weight is 409 g/mol. The number of halogens is 2. The highest BCUT2D eigenvalue weighted by atomic mass is 35.5. The zero-order valence-electron chi connectivity index (χ0n) is 14.7. The van der Waals surface area contributed by atoms with Crippen molar-refractivity contribution in [2.45, 2.75) is 24.6 Å². The lowest BCUT2D eigenvalue weighted by molar-refractivity contribution is 0.102. The number of hydrogen-bond donors (Lipinski definition) is 2. The number of hydrogen-bond acceptors (Lipinski definition) is 5. The number of nitrogens with one attached hydrogen (secondary N) is 1. The first-order valence-corrected chi connectivity index (χ1v) is 9.83. The molecular weight excluding hydrogens is 391 g/mol. The van der Waals surface area contributed by atoms with Gasteiger partial charge in [0.15, 0.2) is 0 Å². The van der Waals surface area contributed by atoms with Gasteiger partial charge in [0.1, 0.15) is 17.3 Å². The molecule has 1 aliphatic rings. The van der Waals surface area contributed by atoms with Crippen LogP contribution in [0.3, 0.4) is 0 Å². The van der Waals surface area contributed by atoms with Crippen LogP contribution in [0.4, 0.5) is 10.1 Å².